The van der Waals surface area contributed by atoms with Crippen LogP contribution in [0.15, 0.2) is 18.3 Å². The lowest BCUT2D eigenvalue weighted by Crippen LogP contribution is -2.33. The molecule has 0 saturated heterocycles. The average molecular weight is 251 g/mol. The smallest absolute Gasteiger partial charge is 0.305 e. The number of aromatic nitrogens is 1. The second-order valence-corrected chi connectivity index (χ2v) is 4.59. The second-order valence-electron chi connectivity index (χ2n) is 4.59. The molecule has 0 bridgehead atoms. The fraction of sp³-hybridized carbons (Fsp3) is 0.417. The van der Waals surface area contributed by atoms with Crippen molar-refractivity contribution in [2.45, 2.75) is 25.8 Å². The minimum absolute atomic E-state index is 0.0232. The van der Waals surface area contributed by atoms with Gasteiger partial charge in [-0.05, 0) is 26.0 Å². The molecule has 0 aliphatic rings. The van der Waals surface area contributed by atoms with Gasteiger partial charge in [0, 0.05) is 24.5 Å². The van der Waals surface area contributed by atoms with Crippen LogP contribution >= 0.6 is 0 Å². The Kier molecular flexibility index (Phi) is 4.25. The Morgan fingerprint density at radius 2 is 2.11 bits per heavy atom. The normalized spacial score (nSPS) is 10.8. The van der Waals surface area contributed by atoms with Gasteiger partial charge in [0.1, 0.15) is 5.69 Å². The van der Waals surface area contributed by atoms with E-state index < -0.39 is 11.5 Å². The van der Waals surface area contributed by atoms with Crippen LogP contribution < -0.4 is 10.6 Å². The second kappa shape index (κ2) is 5.48. The molecule has 0 atom stereocenters. The number of hydrogen-bond donors (Lipinski definition) is 3. The third kappa shape index (κ3) is 4.04. The number of pyridine rings is 1. The summed E-state index contributed by atoms with van der Waals surface area (Å²) < 4.78 is 0. The number of aliphatic carboxylic acids is 1. The van der Waals surface area contributed by atoms with Gasteiger partial charge in [-0.25, -0.2) is 0 Å². The highest BCUT2D eigenvalue weighted by Crippen LogP contribution is 2.18. The number of carboxylic acid groups (broad SMARTS) is 1. The molecular weight excluding hydrogens is 234 g/mol. The predicted octanol–water partition coefficient (Wildman–Crippen LogP) is 1.11. The molecule has 1 aromatic rings. The van der Waals surface area contributed by atoms with Crippen LogP contribution in [0, 0.1) is 0 Å². The third-order valence-corrected chi connectivity index (χ3v) is 2.30. The van der Waals surface area contributed by atoms with Crippen molar-refractivity contribution in [3.05, 3.63) is 24.0 Å². The van der Waals surface area contributed by atoms with Crippen LogP contribution in [0.3, 0.4) is 0 Å². The molecule has 3 N–H and O–H groups in total. The predicted molar refractivity (Wildman–Crippen MR) is 67.6 cm³/mol. The fourth-order valence-corrected chi connectivity index (χ4v) is 1.57. The van der Waals surface area contributed by atoms with Gasteiger partial charge in [-0.3, -0.25) is 14.6 Å². The van der Waals surface area contributed by atoms with Crippen molar-refractivity contribution >= 4 is 17.6 Å². The molecule has 0 radical (unpaired) electrons. The summed E-state index contributed by atoms with van der Waals surface area (Å²) in [7, 11) is 1.53. The Hall–Kier alpha value is -2.11. The summed E-state index contributed by atoms with van der Waals surface area (Å²) in [4.78, 5) is 26.1. The minimum Gasteiger partial charge on any atom is -0.481 e. The quantitative estimate of drug-likeness (QED) is 0.729. The number of hydrogen-bond acceptors (Lipinski definition) is 4. The van der Waals surface area contributed by atoms with E-state index in [1.165, 1.54) is 13.2 Å². The zero-order valence-corrected chi connectivity index (χ0v) is 10.7. The van der Waals surface area contributed by atoms with Gasteiger partial charge in [0.15, 0.2) is 0 Å². The van der Waals surface area contributed by atoms with Crippen LogP contribution in [0.2, 0.25) is 0 Å². The van der Waals surface area contributed by atoms with Gasteiger partial charge in [-0.1, -0.05) is 0 Å². The van der Waals surface area contributed by atoms with E-state index in [-0.39, 0.29) is 18.0 Å². The van der Waals surface area contributed by atoms with E-state index in [4.69, 9.17) is 5.11 Å². The highest BCUT2D eigenvalue weighted by Gasteiger charge is 2.21. The summed E-state index contributed by atoms with van der Waals surface area (Å²) in [5.41, 5.74) is 0.344. The Labute approximate surface area is 105 Å². The molecule has 0 saturated carbocycles. The number of nitrogens with zero attached hydrogens (tertiary/aromatic N) is 1. The highest BCUT2D eigenvalue weighted by atomic mass is 16.4. The van der Waals surface area contributed by atoms with Crippen LogP contribution in [0.5, 0.6) is 0 Å². The number of anilines is 1. The highest BCUT2D eigenvalue weighted by molar-refractivity contribution is 5.92. The van der Waals surface area contributed by atoms with E-state index in [0.717, 1.165) is 0 Å². The summed E-state index contributed by atoms with van der Waals surface area (Å²) in [6.45, 7) is 3.56. The largest absolute Gasteiger partial charge is 0.481 e. The molecule has 98 valence electrons. The molecule has 0 aromatic carbocycles. The average Bonchev–Trinajstić information content (AvgIpc) is 2.25. The van der Waals surface area contributed by atoms with E-state index in [9.17, 15) is 9.59 Å². The van der Waals surface area contributed by atoms with E-state index >= 15 is 0 Å². The lowest BCUT2D eigenvalue weighted by molar-refractivity contribution is -0.137. The molecular formula is C12H17N3O3. The zero-order chi connectivity index (χ0) is 13.8. The van der Waals surface area contributed by atoms with Gasteiger partial charge in [0.25, 0.3) is 5.91 Å². The number of carboxylic acids is 1. The Balaban J connectivity index is 2.85. The minimum atomic E-state index is -0.881. The van der Waals surface area contributed by atoms with Crippen LogP contribution in [0.1, 0.15) is 30.8 Å². The van der Waals surface area contributed by atoms with E-state index in [2.05, 4.69) is 15.6 Å². The van der Waals surface area contributed by atoms with Crippen molar-refractivity contribution in [3.8, 4) is 0 Å². The van der Waals surface area contributed by atoms with E-state index in [1.807, 2.05) is 0 Å². The van der Waals surface area contributed by atoms with Crippen molar-refractivity contribution in [1.82, 2.24) is 10.3 Å². The first-order valence-corrected chi connectivity index (χ1v) is 5.52. The molecule has 0 aliphatic carbocycles. The van der Waals surface area contributed by atoms with Crippen LogP contribution in [-0.4, -0.2) is 34.6 Å². The number of carbonyl (C=O) groups excluding carboxylic acids is 1. The first kappa shape index (κ1) is 14.0. The van der Waals surface area contributed by atoms with Gasteiger partial charge < -0.3 is 15.7 Å². The molecule has 0 spiro atoms. The van der Waals surface area contributed by atoms with Crippen molar-refractivity contribution in [2.75, 3.05) is 12.4 Å². The lowest BCUT2D eigenvalue weighted by Gasteiger charge is -2.25. The first-order valence-electron chi connectivity index (χ1n) is 5.52. The number of amides is 1. The van der Waals surface area contributed by atoms with Gasteiger partial charge in [-0.15, -0.1) is 0 Å². The molecule has 1 heterocycles. The Bertz CT molecular complexity index is 458. The maximum atomic E-state index is 11.4. The first-order chi connectivity index (χ1) is 8.34. The number of nitrogens with one attached hydrogen (secondary N) is 2. The lowest BCUT2D eigenvalue weighted by atomic mass is 10.0. The standard InChI is InChI=1S/C12H17N3O3/c1-12(2,7-10(16)17)15-8-4-5-14-9(6-8)11(18)13-3/h4-6H,7H2,1-3H3,(H,13,18)(H,14,15)(H,16,17). The summed E-state index contributed by atoms with van der Waals surface area (Å²) in [5.74, 6) is -1.16. The maximum absolute atomic E-state index is 11.4. The summed E-state index contributed by atoms with van der Waals surface area (Å²) in [6, 6.07) is 3.28. The topological polar surface area (TPSA) is 91.3 Å². The molecule has 6 heteroatoms. The maximum Gasteiger partial charge on any atom is 0.305 e. The van der Waals surface area contributed by atoms with E-state index in [0.29, 0.717) is 5.69 Å². The zero-order valence-electron chi connectivity index (χ0n) is 10.7. The Morgan fingerprint density at radius 3 is 2.67 bits per heavy atom. The summed E-state index contributed by atoms with van der Waals surface area (Å²) in [6.07, 6.45) is 1.48. The van der Waals surface area contributed by atoms with E-state index in [1.54, 1.807) is 26.0 Å². The summed E-state index contributed by atoms with van der Waals surface area (Å²) in [5, 5.41) is 14.3. The number of carbonyl (C=O) groups is 2. The monoisotopic (exact) mass is 251 g/mol. The third-order valence-electron chi connectivity index (χ3n) is 2.30. The van der Waals surface area contributed by atoms with Crippen molar-refractivity contribution in [2.24, 2.45) is 0 Å². The molecule has 1 amide bonds. The van der Waals surface area contributed by atoms with Gasteiger partial charge in [0.05, 0.1) is 6.42 Å². The van der Waals surface area contributed by atoms with Crippen LogP contribution in [0.4, 0.5) is 5.69 Å². The van der Waals surface area contributed by atoms with Gasteiger partial charge >= 0.3 is 5.97 Å². The van der Waals surface area contributed by atoms with Gasteiger partial charge in [-0.2, -0.15) is 0 Å². The van der Waals surface area contributed by atoms with Crippen molar-refractivity contribution < 1.29 is 14.7 Å². The molecule has 1 rings (SSSR count). The molecule has 0 unspecified atom stereocenters. The Morgan fingerprint density at radius 1 is 1.44 bits per heavy atom. The van der Waals surface area contributed by atoms with Crippen LogP contribution in [0.25, 0.3) is 0 Å². The molecule has 0 fully saturated rings. The van der Waals surface area contributed by atoms with Crippen LogP contribution in [-0.2, 0) is 4.79 Å². The fourth-order valence-electron chi connectivity index (χ4n) is 1.57. The molecule has 1 aromatic heterocycles. The SMILES string of the molecule is CNC(=O)c1cc(NC(C)(C)CC(=O)O)ccn1. The van der Waals surface area contributed by atoms with Crippen molar-refractivity contribution in [1.29, 1.82) is 0 Å². The molecule has 0 aliphatic heterocycles. The number of rotatable bonds is 5. The van der Waals surface area contributed by atoms with Gasteiger partial charge in [0.2, 0.25) is 0 Å². The van der Waals surface area contributed by atoms with Crippen molar-refractivity contribution in [3.63, 3.8) is 0 Å². The molecule has 18 heavy (non-hydrogen) atoms. The molecule has 6 nitrogen and oxygen atoms in total. The summed E-state index contributed by atoms with van der Waals surface area (Å²) >= 11 is 0.